The van der Waals surface area contributed by atoms with E-state index < -0.39 is 0 Å². The predicted molar refractivity (Wildman–Crippen MR) is 116 cm³/mol. The molecule has 0 bridgehead atoms. The molecule has 0 saturated carbocycles. The number of fused-ring (bicyclic) bond motifs is 1. The van der Waals surface area contributed by atoms with Gasteiger partial charge in [-0.05, 0) is 61.6 Å². The summed E-state index contributed by atoms with van der Waals surface area (Å²) in [6.07, 6.45) is 1.96. The third-order valence-corrected chi connectivity index (χ3v) is 6.41. The number of carbonyl (C=O) groups is 2. The molecule has 0 radical (unpaired) electrons. The quantitative estimate of drug-likeness (QED) is 0.721. The van der Waals surface area contributed by atoms with E-state index in [1.54, 1.807) is 29.2 Å². The highest BCUT2D eigenvalue weighted by Gasteiger charge is 2.47. The zero-order valence-corrected chi connectivity index (χ0v) is 17.6. The molecule has 6 heteroatoms. The molecule has 2 aliphatic heterocycles. The van der Waals surface area contributed by atoms with Crippen LogP contribution in [0.15, 0.2) is 53.9 Å². The molecule has 5 nitrogen and oxygen atoms in total. The first-order chi connectivity index (χ1) is 14.0. The Morgan fingerprint density at radius 1 is 1.07 bits per heavy atom. The van der Waals surface area contributed by atoms with Crippen molar-refractivity contribution in [3.05, 3.63) is 70.6 Å². The van der Waals surface area contributed by atoms with Crippen molar-refractivity contribution in [2.24, 2.45) is 0 Å². The number of thioether (sulfide) groups is 1. The largest absolute Gasteiger partial charge is 0.494 e. The third-order valence-electron chi connectivity index (χ3n) is 5.32. The lowest BCUT2D eigenvalue weighted by atomic mass is 10.0. The first-order valence-electron chi connectivity index (χ1n) is 9.75. The molecule has 2 heterocycles. The Bertz CT molecular complexity index is 971. The van der Waals surface area contributed by atoms with E-state index in [0.29, 0.717) is 18.8 Å². The van der Waals surface area contributed by atoms with Crippen molar-refractivity contribution >= 4 is 29.4 Å². The summed E-state index contributed by atoms with van der Waals surface area (Å²) in [4.78, 5) is 29.7. The van der Waals surface area contributed by atoms with Gasteiger partial charge in [0, 0.05) is 6.54 Å². The summed E-state index contributed by atoms with van der Waals surface area (Å²) in [6, 6.07) is 12.9. The fourth-order valence-electron chi connectivity index (χ4n) is 3.76. The maximum absolute atomic E-state index is 13.4. The molecule has 0 aliphatic carbocycles. The Labute approximate surface area is 175 Å². The number of ether oxygens (including phenoxy) is 1. The zero-order chi connectivity index (χ0) is 20.5. The summed E-state index contributed by atoms with van der Waals surface area (Å²) in [5.74, 6) is 0.548. The maximum atomic E-state index is 13.4. The number of carbonyl (C=O) groups excluding carboxylic acids is 2. The van der Waals surface area contributed by atoms with Crippen LogP contribution < -0.4 is 9.64 Å². The summed E-state index contributed by atoms with van der Waals surface area (Å²) in [5, 5.41) is 1.61. The number of amides is 3. The van der Waals surface area contributed by atoms with Crippen molar-refractivity contribution in [2.75, 3.05) is 11.5 Å². The van der Waals surface area contributed by atoms with Crippen LogP contribution in [0.2, 0.25) is 0 Å². The lowest BCUT2D eigenvalue weighted by Gasteiger charge is -2.41. The molecular weight excluding hydrogens is 384 g/mol. The lowest BCUT2D eigenvalue weighted by Crippen LogP contribution is -2.61. The fourth-order valence-corrected chi connectivity index (χ4v) is 4.81. The van der Waals surface area contributed by atoms with Gasteiger partial charge in [-0.25, -0.2) is 9.69 Å². The van der Waals surface area contributed by atoms with Crippen LogP contribution in [0, 0.1) is 13.8 Å². The van der Waals surface area contributed by atoms with E-state index >= 15 is 0 Å². The van der Waals surface area contributed by atoms with Crippen LogP contribution in [-0.2, 0) is 11.3 Å². The summed E-state index contributed by atoms with van der Waals surface area (Å²) < 4.78 is 5.48. The van der Waals surface area contributed by atoms with Gasteiger partial charge in [0.1, 0.15) is 11.0 Å². The van der Waals surface area contributed by atoms with Crippen LogP contribution in [0.1, 0.15) is 23.6 Å². The number of anilines is 1. The number of hydrogen-bond acceptors (Lipinski definition) is 4. The topological polar surface area (TPSA) is 49.9 Å². The Hall–Kier alpha value is -2.73. The molecule has 0 N–H and O–H groups in total. The van der Waals surface area contributed by atoms with Crippen LogP contribution in [0.25, 0.3) is 0 Å². The highest BCUT2D eigenvalue weighted by molar-refractivity contribution is 8.03. The number of hydrogen-bond donors (Lipinski definition) is 0. The van der Waals surface area contributed by atoms with Gasteiger partial charge < -0.3 is 9.64 Å². The fraction of sp³-hybridized carbons (Fsp3) is 0.304. The van der Waals surface area contributed by atoms with Gasteiger partial charge in [0.15, 0.2) is 0 Å². The van der Waals surface area contributed by atoms with Crippen molar-refractivity contribution in [1.29, 1.82) is 0 Å². The van der Waals surface area contributed by atoms with Crippen LogP contribution >= 0.6 is 11.8 Å². The Kier molecular flexibility index (Phi) is 5.37. The molecule has 1 saturated heterocycles. The van der Waals surface area contributed by atoms with Gasteiger partial charge in [-0.3, -0.25) is 4.79 Å². The van der Waals surface area contributed by atoms with E-state index in [1.807, 2.05) is 25.3 Å². The Balaban J connectivity index is 1.67. The second-order valence-corrected chi connectivity index (χ2v) is 8.37. The van der Waals surface area contributed by atoms with Gasteiger partial charge in [0.05, 0.1) is 18.3 Å². The minimum atomic E-state index is -0.315. The molecule has 3 amide bonds. The number of nitrogens with zero attached hydrogens (tertiary/aromatic N) is 2. The van der Waals surface area contributed by atoms with Crippen LogP contribution in [0.5, 0.6) is 5.75 Å². The summed E-state index contributed by atoms with van der Waals surface area (Å²) in [5.41, 5.74) is 3.96. The molecular formula is C23H24N2O3S. The molecule has 0 aromatic heterocycles. The van der Waals surface area contributed by atoms with E-state index in [0.717, 1.165) is 22.4 Å². The molecule has 2 aliphatic rings. The molecule has 150 valence electrons. The summed E-state index contributed by atoms with van der Waals surface area (Å²) >= 11 is 1.48. The number of aryl methyl sites for hydroxylation is 2. The summed E-state index contributed by atoms with van der Waals surface area (Å²) in [6.45, 7) is 7.05. The summed E-state index contributed by atoms with van der Waals surface area (Å²) in [7, 11) is 0. The second-order valence-electron chi connectivity index (χ2n) is 7.32. The molecule has 0 spiro atoms. The minimum Gasteiger partial charge on any atom is -0.494 e. The highest BCUT2D eigenvalue weighted by atomic mass is 32.2. The van der Waals surface area contributed by atoms with Crippen LogP contribution in [0.4, 0.5) is 10.5 Å². The maximum Gasteiger partial charge on any atom is 0.332 e. The van der Waals surface area contributed by atoms with Gasteiger partial charge in [0.25, 0.3) is 5.91 Å². The normalized spacial score (nSPS) is 20.9. The Morgan fingerprint density at radius 2 is 1.83 bits per heavy atom. The molecule has 2 unspecified atom stereocenters. The van der Waals surface area contributed by atoms with Crippen molar-refractivity contribution in [3.63, 3.8) is 0 Å². The van der Waals surface area contributed by atoms with E-state index in [2.05, 4.69) is 25.1 Å². The predicted octanol–water partition coefficient (Wildman–Crippen LogP) is 4.67. The average Bonchev–Trinajstić information content (AvgIpc) is 3.19. The van der Waals surface area contributed by atoms with Crippen LogP contribution in [0.3, 0.4) is 0 Å². The smallest absolute Gasteiger partial charge is 0.332 e. The third kappa shape index (κ3) is 3.65. The standard InChI is InChI=1S/C23H24N2O3S/c1-4-28-19-9-7-18(8-10-19)25-22(26)21-20(11-12-29-21)24(23(25)27)14-17-13-15(2)5-6-16(17)3/h5-13,20-21H,4,14H2,1-3H3. The van der Waals surface area contributed by atoms with E-state index in [-0.39, 0.29) is 23.2 Å². The molecule has 4 rings (SSSR count). The number of rotatable bonds is 5. The van der Waals surface area contributed by atoms with E-state index in [9.17, 15) is 9.59 Å². The molecule has 1 fully saturated rings. The molecule has 2 atom stereocenters. The van der Waals surface area contributed by atoms with Gasteiger partial charge in [-0.1, -0.05) is 29.8 Å². The first kappa shape index (κ1) is 19.6. The molecule has 2 aromatic carbocycles. The Morgan fingerprint density at radius 3 is 2.55 bits per heavy atom. The van der Waals surface area contributed by atoms with Crippen molar-refractivity contribution in [2.45, 2.75) is 38.6 Å². The van der Waals surface area contributed by atoms with Gasteiger partial charge >= 0.3 is 6.03 Å². The van der Waals surface area contributed by atoms with E-state index in [4.69, 9.17) is 4.74 Å². The monoisotopic (exact) mass is 408 g/mol. The second kappa shape index (κ2) is 7.95. The van der Waals surface area contributed by atoms with E-state index in [1.165, 1.54) is 16.7 Å². The highest BCUT2D eigenvalue weighted by Crippen LogP contribution is 2.37. The first-order valence-corrected chi connectivity index (χ1v) is 10.7. The van der Waals surface area contributed by atoms with Crippen LogP contribution in [-0.4, -0.2) is 34.7 Å². The van der Waals surface area contributed by atoms with Gasteiger partial charge in [-0.2, -0.15) is 0 Å². The molecule has 29 heavy (non-hydrogen) atoms. The SMILES string of the molecule is CCOc1ccc(N2C(=O)C3SC=CC3N(Cc3cc(C)ccc3C)C2=O)cc1. The molecule has 2 aromatic rings. The lowest BCUT2D eigenvalue weighted by molar-refractivity contribution is -0.119. The minimum absolute atomic E-state index is 0.170. The van der Waals surface area contributed by atoms with Crippen molar-refractivity contribution < 1.29 is 14.3 Å². The average molecular weight is 409 g/mol. The number of benzene rings is 2. The zero-order valence-electron chi connectivity index (χ0n) is 16.8. The van der Waals surface area contributed by atoms with Crippen molar-refractivity contribution in [1.82, 2.24) is 4.90 Å². The number of imide groups is 1. The van der Waals surface area contributed by atoms with Gasteiger partial charge in [0.2, 0.25) is 0 Å². The number of urea groups is 1. The van der Waals surface area contributed by atoms with Gasteiger partial charge in [-0.15, -0.1) is 11.8 Å². The van der Waals surface area contributed by atoms with Crippen molar-refractivity contribution in [3.8, 4) is 5.75 Å².